The molecule has 3 rings (SSSR count). The second kappa shape index (κ2) is 6.50. The fraction of sp³-hybridized carbons (Fsp3) is 0.778. The van der Waals surface area contributed by atoms with Crippen molar-refractivity contribution < 1.29 is 4.79 Å². The number of carbonyl (C=O) groups excluding carboxylic acids is 1. The minimum absolute atomic E-state index is 0.146. The predicted molar refractivity (Wildman–Crippen MR) is 94.8 cm³/mol. The summed E-state index contributed by atoms with van der Waals surface area (Å²) in [7, 11) is 3.62. The largest absolute Gasteiger partial charge is 0.348 e. The third-order valence-electron chi connectivity index (χ3n) is 6.00. The van der Waals surface area contributed by atoms with Crippen LogP contribution in [0.25, 0.3) is 0 Å². The van der Waals surface area contributed by atoms with E-state index in [4.69, 9.17) is 4.98 Å². The van der Waals surface area contributed by atoms with Crippen LogP contribution >= 0.6 is 11.8 Å². The van der Waals surface area contributed by atoms with Gasteiger partial charge in [0.15, 0.2) is 5.16 Å². The number of carbonyl (C=O) groups is 1. The maximum absolute atomic E-state index is 11.9. The number of nitrogens with zero attached hydrogens (tertiary/aromatic N) is 3. The van der Waals surface area contributed by atoms with Gasteiger partial charge < -0.3 is 9.47 Å². The van der Waals surface area contributed by atoms with Crippen molar-refractivity contribution in [3.63, 3.8) is 0 Å². The van der Waals surface area contributed by atoms with Crippen LogP contribution in [0.1, 0.15) is 50.0 Å². The van der Waals surface area contributed by atoms with E-state index in [9.17, 15) is 4.79 Å². The lowest BCUT2D eigenvalue weighted by Gasteiger charge is -2.30. The zero-order chi connectivity index (χ0) is 16.7. The first-order chi connectivity index (χ1) is 10.9. The number of amides is 1. The highest BCUT2D eigenvalue weighted by Crippen LogP contribution is 2.52. The summed E-state index contributed by atoms with van der Waals surface area (Å²) in [4.78, 5) is 18.3. The van der Waals surface area contributed by atoms with Gasteiger partial charge in [-0.1, -0.05) is 18.2 Å². The maximum atomic E-state index is 11.9. The standard InChI is InChI=1S/C18H29N3OS/c1-11-12(2)21(18(19-11)23-10-17(22)20(4)5)13(3)16-9-14-6-7-15(16)8-14/h13-16H,6-10H2,1-5H3. The van der Waals surface area contributed by atoms with Crippen LogP contribution in [0.2, 0.25) is 0 Å². The molecule has 0 aromatic carbocycles. The number of hydrogen-bond acceptors (Lipinski definition) is 3. The van der Waals surface area contributed by atoms with Crippen LogP contribution in [0.3, 0.4) is 0 Å². The number of thioether (sulfide) groups is 1. The molecule has 2 aliphatic carbocycles. The summed E-state index contributed by atoms with van der Waals surface area (Å²) in [6.07, 6.45) is 5.66. The van der Waals surface area contributed by atoms with Crippen molar-refractivity contribution in [3.05, 3.63) is 11.4 Å². The molecule has 0 N–H and O–H groups in total. The van der Waals surface area contributed by atoms with Gasteiger partial charge in [0, 0.05) is 25.8 Å². The van der Waals surface area contributed by atoms with E-state index in [0.29, 0.717) is 11.8 Å². The Kier molecular flexibility index (Phi) is 4.77. The smallest absolute Gasteiger partial charge is 0.232 e. The summed E-state index contributed by atoms with van der Waals surface area (Å²) in [5.41, 5.74) is 2.36. The fourth-order valence-electron chi connectivity index (χ4n) is 4.51. The van der Waals surface area contributed by atoms with Gasteiger partial charge in [-0.25, -0.2) is 4.98 Å². The summed E-state index contributed by atoms with van der Waals surface area (Å²) >= 11 is 1.59. The van der Waals surface area contributed by atoms with Gasteiger partial charge in [0.05, 0.1) is 11.4 Å². The van der Waals surface area contributed by atoms with Crippen molar-refractivity contribution in [1.82, 2.24) is 14.5 Å². The van der Waals surface area contributed by atoms with Crippen LogP contribution in [-0.2, 0) is 4.79 Å². The van der Waals surface area contributed by atoms with Gasteiger partial charge in [-0.05, 0) is 57.8 Å². The van der Waals surface area contributed by atoms with Gasteiger partial charge in [-0.15, -0.1) is 0 Å². The lowest BCUT2D eigenvalue weighted by molar-refractivity contribution is -0.125. The van der Waals surface area contributed by atoms with Crippen LogP contribution in [0.5, 0.6) is 0 Å². The zero-order valence-electron chi connectivity index (χ0n) is 15.0. The minimum atomic E-state index is 0.146. The van der Waals surface area contributed by atoms with Crippen molar-refractivity contribution in [2.45, 2.75) is 57.7 Å². The highest BCUT2D eigenvalue weighted by molar-refractivity contribution is 7.99. The molecule has 2 aliphatic rings. The summed E-state index contributed by atoms with van der Waals surface area (Å²) in [5.74, 6) is 3.26. The molecule has 1 aromatic rings. The molecule has 2 fully saturated rings. The first kappa shape index (κ1) is 16.9. The number of rotatable bonds is 5. The Balaban J connectivity index is 1.79. The summed E-state index contributed by atoms with van der Waals surface area (Å²) in [6.45, 7) is 6.61. The Morgan fingerprint density at radius 1 is 1.35 bits per heavy atom. The van der Waals surface area contributed by atoms with Crippen LogP contribution in [0.4, 0.5) is 0 Å². The van der Waals surface area contributed by atoms with Crippen molar-refractivity contribution >= 4 is 17.7 Å². The zero-order valence-corrected chi connectivity index (χ0v) is 15.8. The van der Waals surface area contributed by atoms with Gasteiger partial charge in [0.25, 0.3) is 0 Å². The van der Waals surface area contributed by atoms with Crippen molar-refractivity contribution in [3.8, 4) is 0 Å². The number of aromatic nitrogens is 2. The molecule has 5 heteroatoms. The topological polar surface area (TPSA) is 38.1 Å². The molecule has 1 heterocycles. The molecule has 2 saturated carbocycles. The van der Waals surface area contributed by atoms with E-state index in [1.807, 2.05) is 14.1 Å². The molecule has 1 amide bonds. The maximum Gasteiger partial charge on any atom is 0.232 e. The lowest BCUT2D eigenvalue weighted by atomic mass is 9.84. The minimum Gasteiger partial charge on any atom is -0.348 e. The highest BCUT2D eigenvalue weighted by Gasteiger charge is 2.43. The molecular weight excluding hydrogens is 306 g/mol. The predicted octanol–water partition coefficient (Wildman–Crippen LogP) is 3.68. The van der Waals surface area contributed by atoms with E-state index >= 15 is 0 Å². The molecule has 2 bridgehead atoms. The quantitative estimate of drug-likeness (QED) is 0.771. The number of aryl methyl sites for hydroxylation is 1. The van der Waals surface area contributed by atoms with Crippen molar-refractivity contribution in [1.29, 1.82) is 0 Å². The Hall–Kier alpha value is -0.970. The Morgan fingerprint density at radius 2 is 2.09 bits per heavy atom. The average Bonchev–Trinajstić information content (AvgIpc) is 3.20. The van der Waals surface area contributed by atoms with Gasteiger partial charge >= 0.3 is 0 Å². The molecule has 0 spiro atoms. The third-order valence-corrected chi connectivity index (χ3v) is 6.94. The van der Waals surface area contributed by atoms with Gasteiger partial charge in [0.2, 0.25) is 5.91 Å². The van der Waals surface area contributed by atoms with Gasteiger partial charge in [-0.2, -0.15) is 0 Å². The summed E-state index contributed by atoms with van der Waals surface area (Å²) < 4.78 is 2.41. The van der Waals surface area contributed by atoms with Crippen LogP contribution in [0.15, 0.2) is 5.16 Å². The van der Waals surface area contributed by atoms with Crippen LogP contribution in [0, 0.1) is 31.6 Å². The van der Waals surface area contributed by atoms with Gasteiger partial charge in [0.1, 0.15) is 0 Å². The second-order valence-electron chi connectivity index (χ2n) is 7.59. The van der Waals surface area contributed by atoms with E-state index in [0.717, 1.165) is 28.6 Å². The Morgan fingerprint density at radius 3 is 2.65 bits per heavy atom. The Bertz CT molecular complexity index is 595. The molecule has 4 atom stereocenters. The molecule has 4 nitrogen and oxygen atoms in total. The molecule has 1 aromatic heterocycles. The fourth-order valence-corrected chi connectivity index (χ4v) is 5.66. The number of imidazole rings is 1. The van der Waals surface area contributed by atoms with Crippen LogP contribution in [-0.4, -0.2) is 40.2 Å². The summed E-state index contributed by atoms with van der Waals surface area (Å²) in [6, 6.07) is 0.489. The molecule has 4 unspecified atom stereocenters. The first-order valence-electron chi connectivity index (χ1n) is 8.76. The van der Waals surface area contributed by atoms with Crippen molar-refractivity contribution in [2.75, 3.05) is 19.8 Å². The average molecular weight is 336 g/mol. The van der Waals surface area contributed by atoms with E-state index < -0.39 is 0 Å². The van der Waals surface area contributed by atoms with E-state index in [1.165, 1.54) is 31.4 Å². The molecule has 0 radical (unpaired) electrons. The monoisotopic (exact) mass is 335 g/mol. The molecule has 128 valence electrons. The second-order valence-corrected chi connectivity index (χ2v) is 8.53. The highest BCUT2D eigenvalue weighted by atomic mass is 32.2. The lowest BCUT2D eigenvalue weighted by Crippen LogP contribution is -2.25. The van der Waals surface area contributed by atoms with Crippen LogP contribution < -0.4 is 0 Å². The number of hydrogen-bond donors (Lipinski definition) is 0. The number of fused-ring (bicyclic) bond motifs is 2. The molecule has 0 saturated heterocycles. The van der Waals surface area contributed by atoms with E-state index in [-0.39, 0.29) is 5.91 Å². The SMILES string of the molecule is Cc1nc(SCC(=O)N(C)C)n(C(C)C2CC3CCC2C3)c1C. The van der Waals surface area contributed by atoms with E-state index in [1.54, 1.807) is 16.7 Å². The Labute approximate surface area is 144 Å². The first-order valence-corrected chi connectivity index (χ1v) is 9.75. The third kappa shape index (κ3) is 3.17. The summed E-state index contributed by atoms with van der Waals surface area (Å²) in [5, 5.41) is 1.02. The molecule has 23 heavy (non-hydrogen) atoms. The molecular formula is C18H29N3OS. The van der Waals surface area contributed by atoms with Gasteiger partial charge in [-0.3, -0.25) is 4.79 Å². The van der Waals surface area contributed by atoms with Crippen molar-refractivity contribution in [2.24, 2.45) is 17.8 Å². The normalized spacial score (nSPS) is 27.4. The van der Waals surface area contributed by atoms with E-state index in [2.05, 4.69) is 25.3 Å². The molecule has 0 aliphatic heterocycles.